The second kappa shape index (κ2) is 3.28. The number of nitrogens with one attached hydrogen (secondary N) is 1. The molecular formula is C9H9MgN. The Labute approximate surface area is 82.0 Å². The predicted molar refractivity (Wildman–Crippen MR) is 48.8 cm³/mol. The third kappa shape index (κ3) is 1.57. The van der Waals surface area contributed by atoms with Crippen LogP contribution in [-0.4, -0.2) is 28.0 Å². The van der Waals surface area contributed by atoms with Crippen molar-refractivity contribution >= 4 is 34.0 Å². The molecule has 2 aromatic rings. The van der Waals surface area contributed by atoms with Crippen LogP contribution in [0.15, 0.2) is 30.3 Å². The first kappa shape index (κ1) is 8.62. The summed E-state index contributed by atoms with van der Waals surface area (Å²) in [5.41, 5.74) is 2.45. The van der Waals surface area contributed by atoms with E-state index in [9.17, 15) is 0 Å². The van der Waals surface area contributed by atoms with Gasteiger partial charge >= 0.3 is 0 Å². The smallest absolute Gasteiger partial charge is 0.0455 e. The van der Waals surface area contributed by atoms with Gasteiger partial charge in [-0.3, -0.25) is 0 Å². The highest BCUT2D eigenvalue weighted by atomic mass is 24.3. The van der Waals surface area contributed by atoms with Crippen molar-refractivity contribution in [3.05, 3.63) is 36.0 Å². The molecular weight excluding hydrogens is 146 g/mol. The molecule has 2 radical (unpaired) electrons. The van der Waals surface area contributed by atoms with Crippen LogP contribution in [0.2, 0.25) is 0 Å². The van der Waals surface area contributed by atoms with Crippen molar-refractivity contribution in [3.63, 3.8) is 0 Å². The fourth-order valence-electron chi connectivity index (χ4n) is 1.22. The second-order valence-electron chi connectivity index (χ2n) is 2.54. The van der Waals surface area contributed by atoms with Gasteiger partial charge in [-0.15, -0.1) is 0 Å². The molecule has 0 aliphatic carbocycles. The van der Waals surface area contributed by atoms with Gasteiger partial charge in [0.1, 0.15) is 0 Å². The zero-order valence-corrected chi connectivity index (χ0v) is 8.01. The van der Waals surface area contributed by atoms with E-state index < -0.39 is 0 Å². The van der Waals surface area contributed by atoms with Crippen molar-refractivity contribution in [1.82, 2.24) is 4.98 Å². The normalized spacial score (nSPS) is 9.55. The average molecular weight is 155 g/mol. The molecule has 0 saturated heterocycles. The quantitative estimate of drug-likeness (QED) is 0.561. The molecule has 1 nitrogen and oxygen atoms in total. The molecule has 0 amide bonds. The van der Waals surface area contributed by atoms with Crippen LogP contribution in [0.3, 0.4) is 0 Å². The Morgan fingerprint density at radius 1 is 1.18 bits per heavy atom. The number of H-pyrrole nitrogens is 1. The zero-order valence-electron chi connectivity index (χ0n) is 6.59. The first-order valence-corrected chi connectivity index (χ1v) is 3.40. The molecule has 2 rings (SSSR count). The standard InChI is InChI=1S/C9H9N.Mg/c1-7-6-8-4-2-3-5-9(8)10-7;/h2-6,10H,1H3;. The third-order valence-electron chi connectivity index (χ3n) is 1.66. The molecule has 0 unspecified atom stereocenters. The van der Waals surface area contributed by atoms with E-state index in [2.05, 4.69) is 36.2 Å². The fourth-order valence-corrected chi connectivity index (χ4v) is 1.22. The van der Waals surface area contributed by atoms with Gasteiger partial charge in [0.25, 0.3) is 0 Å². The van der Waals surface area contributed by atoms with Crippen molar-refractivity contribution in [2.24, 2.45) is 0 Å². The molecule has 1 heterocycles. The summed E-state index contributed by atoms with van der Waals surface area (Å²) in [4.78, 5) is 3.26. The molecule has 11 heavy (non-hydrogen) atoms. The van der Waals surface area contributed by atoms with E-state index in [0.717, 1.165) is 0 Å². The molecule has 1 N–H and O–H groups in total. The van der Waals surface area contributed by atoms with Gasteiger partial charge in [-0.2, -0.15) is 0 Å². The molecule has 0 spiro atoms. The van der Waals surface area contributed by atoms with Gasteiger partial charge in [-0.25, -0.2) is 0 Å². The first-order chi connectivity index (χ1) is 4.86. The maximum atomic E-state index is 3.26. The Bertz CT molecular complexity index is 318. The van der Waals surface area contributed by atoms with Crippen LogP contribution in [0.5, 0.6) is 0 Å². The number of para-hydroxylation sites is 1. The lowest BCUT2D eigenvalue weighted by atomic mass is 10.2. The Hall–Kier alpha value is -0.474. The van der Waals surface area contributed by atoms with Gasteiger partial charge in [-0.1, -0.05) is 18.2 Å². The largest absolute Gasteiger partial charge is 0.359 e. The molecule has 2 heteroatoms. The van der Waals surface area contributed by atoms with Crippen molar-refractivity contribution in [3.8, 4) is 0 Å². The minimum Gasteiger partial charge on any atom is -0.359 e. The molecule has 0 atom stereocenters. The maximum Gasteiger partial charge on any atom is 0.0455 e. The zero-order chi connectivity index (χ0) is 6.97. The minimum absolute atomic E-state index is 0. The van der Waals surface area contributed by atoms with Crippen molar-refractivity contribution in [1.29, 1.82) is 0 Å². The molecule has 0 fully saturated rings. The number of benzene rings is 1. The van der Waals surface area contributed by atoms with Crippen LogP contribution >= 0.6 is 0 Å². The molecule has 0 saturated carbocycles. The second-order valence-corrected chi connectivity index (χ2v) is 2.54. The Kier molecular flexibility index (Phi) is 2.57. The van der Waals surface area contributed by atoms with Gasteiger partial charge in [0.2, 0.25) is 0 Å². The first-order valence-electron chi connectivity index (χ1n) is 3.40. The summed E-state index contributed by atoms with van der Waals surface area (Å²) in [6, 6.07) is 10.4. The van der Waals surface area contributed by atoms with E-state index in [0.29, 0.717) is 0 Å². The summed E-state index contributed by atoms with van der Waals surface area (Å²) in [7, 11) is 0. The van der Waals surface area contributed by atoms with Crippen LogP contribution in [0.1, 0.15) is 5.69 Å². The van der Waals surface area contributed by atoms with Gasteiger partial charge in [0, 0.05) is 34.3 Å². The number of aryl methyl sites for hydroxylation is 1. The summed E-state index contributed by atoms with van der Waals surface area (Å²) in [6.45, 7) is 2.07. The van der Waals surface area contributed by atoms with E-state index >= 15 is 0 Å². The minimum atomic E-state index is 0. The lowest BCUT2D eigenvalue weighted by Gasteiger charge is -1.83. The van der Waals surface area contributed by atoms with Gasteiger partial charge in [-0.05, 0) is 24.4 Å². The third-order valence-corrected chi connectivity index (χ3v) is 1.66. The highest BCUT2D eigenvalue weighted by molar-refractivity contribution is 5.79. The topological polar surface area (TPSA) is 15.8 Å². The van der Waals surface area contributed by atoms with E-state index in [4.69, 9.17) is 0 Å². The summed E-state index contributed by atoms with van der Waals surface area (Å²) in [6.07, 6.45) is 0. The molecule has 0 aliphatic rings. The molecule has 0 aliphatic heterocycles. The van der Waals surface area contributed by atoms with Crippen LogP contribution in [0, 0.1) is 6.92 Å². The Morgan fingerprint density at radius 3 is 2.64 bits per heavy atom. The number of hydrogen-bond donors (Lipinski definition) is 1. The average Bonchev–Trinajstić information content (AvgIpc) is 2.27. The molecule has 0 bridgehead atoms. The fraction of sp³-hybridized carbons (Fsp3) is 0.111. The summed E-state index contributed by atoms with van der Waals surface area (Å²) in [5.74, 6) is 0. The van der Waals surface area contributed by atoms with E-state index in [1.54, 1.807) is 0 Å². The lowest BCUT2D eigenvalue weighted by Crippen LogP contribution is -1.65. The van der Waals surface area contributed by atoms with Crippen LogP contribution in [0.25, 0.3) is 10.9 Å². The number of hydrogen-bond acceptors (Lipinski definition) is 0. The molecule has 1 aromatic heterocycles. The van der Waals surface area contributed by atoms with Gasteiger partial charge in [0.05, 0.1) is 0 Å². The van der Waals surface area contributed by atoms with Crippen molar-refractivity contribution in [2.75, 3.05) is 0 Å². The number of rotatable bonds is 0. The number of aromatic amines is 1. The van der Waals surface area contributed by atoms with Crippen molar-refractivity contribution < 1.29 is 0 Å². The van der Waals surface area contributed by atoms with Gasteiger partial charge in [0.15, 0.2) is 0 Å². The summed E-state index contributed by atoms with van der Waals surface area (Å²) in [5, 5.41) is 1.29. The van der Waals surface area contributed by atoms with E-state index in [1.165, 1.54) is 16.6 Å². The monoisotopic (exact) mass is 155 g/mol. The van der Waals surface area contributed by atoms with Crippen LogP contribution < -0.4 is 0 Å². The maximum absolute atomic E-state index is 3.26. The van der Waals surface area contributed by atoms with Crippen LogP contribution in [0.4, 0.5) is 0 Å². The Balaban J connectivity index is 0.000000605. The number of aromatic nitrogens is 1. The van der Waals surface area contributed by atoms with Gasteiger partial charge < -0.3 is 4.98 Å². The predicted octanol–water partition coefficient (Wildman–Crippen LogP) is 2.10. The molecule has 52 valence electrons. The van der Waals surface area contributed by atoms with E-state index in [1.807, 2.05) is 6.07 Å². The van der Waals surface area contributed by atoms with Crippen LogP contribution in [-0.2, 0) is 0 Å². The highest BCUT2D eigenvalue weighted by Gasteiger charge is 1.92. The number of fused-ring (bicyclic) bond motifs is 1. The Morgan fingerprint density at radius 2 is 1.91 bits per heavy atom. The van der Waals surface area contributed by atoms with E-state index in [-0.39, 0.29) is 23.1 Å². The van der Waals surface area contributed by atoms with Crippen molar-refractivity contribution in [2.45, 2.75) is 6.92 Å². The summed E-state index contributed by atoms with van der Waals surface area (Å²) >= 11 is 0. The molecule has 1 aromatic carbocycles. The summed E-state index contributed by atoms with van der Waals surface area (Å²) < 4.78 is 0. The highest BCUT2D eigenvalue weighted by Crippen LogP contribution is 2.12. The SMILES string of the molecule is Cc1cc2ccccc2[nH]1.[Mg]. The lowest BCUT2D eigenvalue weighted by molar-refractivity contribution is 1.30.